The topological polar surface area (TPSA) is 24.1 Å². The summed E-state index contributed by atoms with van der Waals surface area (Å²) >= 11 is 0. The third-order valence-corrected chi connectivity index (χ3v) is 1.33. The highest BCUT2D eigenvalue weighted by Gasteiger charge is 2.22. The fourth-order valence-corrected chi connectivity index (χ4v) is 1.50. The van der Waals surface area contributed by atoms with Crippen LogP contribution >= 0.6 is 0 Å². The maximum atomic E-state index is 3.53. The van der Waals surface area contributed by atoms with Crippen LogP contribution in [0, 0.1) is 0 Å². The van der Waals surface area contributed by atoms with Gasteiger partial charge >= 0.3 is 0 Å². The second kappa shape index (κ2) is 3.55. The van der Waals surface area contributed by atoms with Crippen molar-refractivity contribution in [1.29, 1.82) is 0 Å². The number of hydrogen-bond acceptors (Lipinski definition) is 2. The minimum atomic E-state index is 0.174. The zero-order valence-corrected chi connectivity index (χ0v) is 8.71. The van der Waals surface area contributed by atoms with Crippen molar-refractivity contribution in [1.82, 2.24) is 10.6 Å². The molecule has 68 valence electrons. The van der Waals surface area contributed by atoms with E-state index in [9.17, 15) is 0 Å². The molecular weight excluding hydrogens is 136 g/mol. The Morgan fingerprint density at radius 1 is 1.00 bits per heavy atom. The Hall–Kier alpha value is -0.0800. The van der Waals surface area contributed by atoms with E-state index in [0.717, 1.165) is 6.54 Å². The van der Waals surface area contributed by atoms with Crippen LogP contribution in [0.3, 0.4) is 0 Å². The van der Waals surface area contributed by atoms with Crippen LogP contribution in [0.15, 0.2) is 0 Å². The molecule has 0 unspecified atom stereocenters. The van der Waals surface area contributed by atoms with E-state index in [1.165, 1.54) is 0 Å². The molecule has 0 amide bonds. The quantitative estimate of drug-likeness (QED) is 0.648. The predicted octanol–water partition coefficient (Wildman–Crippen LogP) is 1.37. The fraction of sp³-hybridized carbons (Fsp3) is 1.00. The highest BCUT2D eigenvalue weighted by molar-refractivity contribution is 4.86. The molecule has 0 heterocycles. The summed E-state index contributed by atoms with van der Waals surface area (Å²) in [6, 6.07) is 0. The Morgan fingerprint density at radius 2 is 1.45 bits per heavy atom. The number of nitrogens with one attached hydrogen (secondary N) is 2. The van der Waals surface area contributed by atoms with Gasteiger partial charge in [0.25, 0.3) is 0 Å². The van der Waals surface area contributed by atoms with E-state index in [0.29, 0.717) is 0 Å². The smallest absolute Gasteiger partial charge is 0.0254 e. The minimum absolute atomic E-state index is 0.174. The Bertz CT molecular complexity index is 111. The first kappa shape index (κ1) is 10.9. The Labute approximate surface area is 70.8 Å². The molecule has 0 aromatic rings. The zero-order valence-electron chi connectivity index (χ0n) is 8.71. The molecule has 0 radical (unpaired) electrons. The summed E-state index contributed by atoms with van der Waals surface area (Å²) in [6.07, 6.45) is 0. The van der Waals surface area contributed by atoms with E-state index in [-0.39, 0.29) is 11.1 Å². The largest absolute Gasteiger partial charge is 0.318 e. The van der Waals surface area contributed by atoms with Gasteiger partial charge in [0.15, 0.2) is 0 Å². The van der Waals surface area contributed by atoms with Crippen LogP contribution in [0.1, 0.15) is 34.6 Å². The van der Waals surface area contributed by atoms with Gasteiger partial charge in [-0.25, -0.2) is 0 Å². The molecule has 0 spiro atoms. The van der Waals surface area contributed by atoms with Gasteiger partial charge < -0.3 is 10.6 Å². The Balaban J connectivity index is 3.91. The van der Waals surface area contributed by atoms with Gasteiger partial charge in [0.1, 0.15) is 0 Å². The van der Waals surface area contributed by atoms with Gasteiger partial charge in [0.2, 0.25) is 0 Å². The van der Waals surface area contributed by atoms with Crippen molar-refractivity contribution in [2.45, 2.75) is 45.7 Å². The monoisotopic (exact) mass is 158 g/mol. The molecule has 0 aromatic heterocycles. The zero-order chi connectivity index (χ0) is 9.12. The van der Waals surface area contributed by atoms with Crippen molar-refractivity contribution in [3.8, 4) is 0 Å². The molecule has 0 atom stereocenters. The van der Waals surface area contributed by atoms with Gasteiger partial charge in [0.05, 0.1) is 0 Å². The lowest BCUT2D eigenvalue weighted by Crippen LogP contribution is -2.54. The molecule has 2 nitrogen and oxygen atoms in total. The molecule has 0 saturated heterocycles. The van der Waals surface area contributed by atoms with Crippen LogP contribution in [0.4, 0.5) is 0 Å². The molecule has 0 aliphatic heterocycles. The van der Waals surface area contributed by atoms with Crippen molar-refractivity contribution >= 4 is 0 Å². The van der Waals surface area contributed by atoms with Gasteiger partial charge in [0, 0.05) is 17.6 Å². The average molecular weight is 158 g/mol. The van der Waals surface area contributed by atoms with E-state index >= 15 is 0 Å². The molecule has 0 rings (SSSR count). The maximum absolute atomic E-state index is 3.53. The lowest BCUT2D eigenvalue weighted by atomic mass is 9.99. The first-order valence-corrected chi connectivity index (χ1v) is 4.21. The SMILES string of the molecule is CNCC(C)(C)NC(C)(C)C. The lowest BCUT2D eigenvalue weighted by molar-refractivity contribution is 0.277. The first-order valence-electron chi connectivity index (χ1n) is 4.21. The van der Waals surface area contributed by atoms with Crippen LogP contribution in [-0.4, -0.2) is 24.7 Å². The van der Waals surface area contributed by atoms with Gasteiger partial charge in [-0.05, 0) is 41.7 Å². The highest BCUT2D eigenvalue weighted by atomic mass is 15.1. The van der Waals surface area contributed by atoms with Gasteiger partial charge in [-0.2, -0.15) is 0 Å². The highest BCUT2D eigenvalue weighted by Crippen LogP contribution is 2.08. The average Bonchev–Trinajstić information content (AvgIpc) is 1.55. The van der Waals surface area contributed by atoms with Gasteiger partial charge in [-0.15, -0.1) is 0 Å². The summed E-state index contributed by atoms with van der Waals surface area (Å²) in [4.78, 5) is 0. The summed E-state index contributed by atoms with van der Waals surface area (Å²) in [6.45, 7) is 12.0. The summed E-state index contributed by atoms with van der Waals surface area (Å²) in [5.41, 5.74) is 0.368. The normalized spacial score (nSPS) is 13.6. The standard InChI is InChI=1S/C9H22N2/c1-8(2,3)11-9(4,5)7-10-6/h10-11H,7H2,1-6H3. The van der Waals surface area contributed by atoms with E-state index in [1.54, 1.807) is 0 Å². The first-order chi connectivity index (χ1) is 4.77. The van der Waals surface area contributed by atoms with E-state index < -0.39 is 0 Å². The summed E-state index contributed by atoms with van der Waals surface area (Å²) in [5.74, 6) is 0. The van der Waals surface area contributed by atoms with E-state index in [1.807, 2.05) is 7.05 Å². The van der Waals surface area contributed by atoms with E-state index in [2.05, 4.69) is 45.3 Å². The van der Waals surface area contributed by atoms with Crippen LogP contribution in [-0.2, 0) is 0 Å². The van der Waals surface area contributed by atoms with Crippen molar-refractivity contribution in [2.24, 2.45) is 0 Å². The molecule has 0 aliphatic rings. The van der Waals surface area contributed by atoms with Crippen molar-refractivity contribution in [3.63, 3.8) is 0 Å². The number of rotatable bonds is 3. The second-order valence-electron chi connectivity index (χ2n) is 4.79. The van der Waals surface area contributed by atoms with Crippen LogP contribution in [0.5, 0.6) is 0 Å². The molecule has 0 aromatic carbocycles. The van der Waals surface area contributed by atoms with Gasteiger partial charge in [-0.1, -0.05) is 0 Å². The van der Waals surface area contributed by atoms with Crippen LogP contribution in [0.2, 0.25) is 0 Å². The van der Waals surface area contributed by atoms with Gasteiger partial charge in [-0.3, -0.25) is 0 Å². The Morgan fingerprint density at radius 3 is 1.73 bits per heavy atom. The third-order valence-electron chi connectivity index (χ3n) is 1.33. The fourth-order valence-electron chi connectivity index (χ4n) is 1.50. The molecule has 0 bridgehead atoms. The molecule has 2 heteroatoms. The maximum Gasteiger partial charge on any atom is 0.0254 e. The molecule has 11 heavy (non-hydrogen) atoms. The Kier molecular flexibility index (Phi) is 3.52. The van der Waals surface area contributed by atoms with Crippen molar-refractivity contribution < 1.29 is 0 Å². The molecule has 0 aliphatic carbocycles. The van der Waals surface area contributed by atoms with E-state index in [4.69, 9.17) is 0 Å². The summed E-state index contributed by atoms with van der Waals surface area (Å²) < 4.78 is 0. The predicted molar refractivity (Wildman–Crippen MR) is 50.9 cm³/mol. The van der Waals surface area contributed by atoms with Crippen LogP contribution < -0.4 is 10.6 Å². The number of likely N-dealkylation sites (N-methyl/N-ethyl adjacent to an activating group) is 1. The lowest BCUT2D eigenvalue weighted by Gasteiger charge is -2.34. The second-order valence-corrected chi connectivity index (χ2v) is 4.79. The van der Waals surface area contributed by atoms with Crippen LogP contribution in [0.25, 0.3) is 0 Å². The minimum Gasteiger partial charge on any atom is -0.318 e. The van der Waals surface area contributed by atoms with Crippen molar-refractivity contribution in [3.05, 3.63) is 0 Å². The molecule has 2 N–H and O–H groups in total. The summed E-state index contributed by atoms with van der Waals surface area (Å²) in [5, 5.41) is 6.70. The molecule has 0 saturated carbocycles. The van der Waals surface area contributed by atoms with Crippen molar-refractivity contribution in [2.75, 3.05) is 13.6 Å². The number of hydrogen-bond donors (Lipinski definition) is 2. The molecular formula is C9H22N2. The third kappa shape index (κ3) is 6.32. The molecule has 0 fully saturated rings. The summed E-state index contributed by atoms with van der Waals surface area (Å²) in [7, 11) is 1.98.